The first-order chi connectivity index (χ1) is 11.0. The number of nitrogens with zero attached hydrogens (tertiary/aromatic N) is 1. The summed E-state index contributed by atoms with van der Waals surface area (Å²) in [5.74, 6) is -0.0315. The molecule has 0 aliphatic heterocycles. The van der Waals surface area contributed by atoms with Crippen molar-refractivity contribution in [3.8, 4) is 17.6 Å². The van der Waals surface area contributed by atoms with Gasteiger partial charge in [0, 0.05) is 5.69 Å². The molecule has 116 valence electrons. The van der Waals surface area contributed by atoms with Crippen LogP contribution in [0.1, 0.15) is 5.56 Å². The minimum absolute atomic E-state index is 0.0541. The van der Waals surface area contributed by atoms with Gasteiger partial charge >= 0.3 is 0 Å². The number of hydrogen-bond donors (Lipinski definition) is 2. The number of aromatic hydroxyl groups is 1. The van der Waals surface area contributed by atoms with Crippen LogP contribution >= 0.6 is 11.6 Å². The van der Waals surface area contributed by atoms with E-state index in [1.165, 1.54) is 31.4 Å². The molecule has 0 saturated carbocycles. The fourth-order valence-electron chi connectivity index (χ4n) is 1.87. The molecule has 0 spiro atoms. The van der Waals surface area contributed by atoms with E-state index in [0.717, 1.165) is 0 Å². The molecular weight excluding hydrogens is 316 g/mol. The fraction of sp³-hybridized carbons (Fsp3) is 0.0588. The van der Waals surface area contributed by atoms with E-state index in [0.29, 0.717) is 22.0 Å². The number of rotatable bonds is 4. The summed E-state index contributed by atoms with van der Waals surface area (Å²) in [6, 6.07) is 12.9. The van der Waals surface area contributed by atoms with E-state index in [1.54, 1.807) is 24.3 Å². The maximum absolute atomic E-state index is 12.2. The van der Waals surface area contributed by atoms with Crippen LogP contribution in [0.3, 0.4) is 0 Å². The lowest BCUT2D eigenvalue weighted by Gasteiger charge is -2.07. The molecular formula is C17H13ClN2O3. The highest BCUT2D eigenvalue weighted by molar-refractivity contribution is 6.32. The van der Waals surface area contributed by atoms with Gasteiger partial charge in [0.05, 0.1) is 12.1 Å². The average molecular weight is 329 g/mol. The van der Waals surface area contributed by atoms with E-state index >= 15 is 0 Å². The van der Waals surface area contributed by atoms with Gasteiger partial charge in [-0.2, -0.15) is 5.26 Å². The third-order valence-corrected chi connectivity index (χ3v) is 3.25. The molecule has 0 aromatic heterocycles. The van der Waals surface area contributed by atoms with Crippen molar-refractivity contribution in [1.29, 1.82) is 5.26 Å². The smallest absolute Gasteiger partial charge is 0.266 e. The Labute approximate surface area is 138 Å². The molecule has 0 aliphatic carbocycles. The number of carbonyl (C=O) groups excluding carboxylic acids is 1. The summed E-state index contributed by atoms with van der Waals surface area (Å²) >= 11 is 5.99. The summed E-state index contributed by atoms with van der Waals surface area (Å²) in [7, 11) is 1.49. The quantitative estimate of drug-likeness (QED) is 0.663. The van der Waals surface area contributed by atoms with Crippen molar-refractivity contribution in [3.05, 3.63) is 58.6 Å². The van der Waals surface area contributed by atoms with Gasteiger partial charge in [-0.25, -0.2) is 0 Å². The van der Waals surface area contributed by atoms with Crippen molar-refractivity contribution < 1.29 is 14.6 Å². The van der Waals surface area contributed by atoms with Crippen LogP contribution in [-0.2, 0) is 4.79 Å². The van der Waals surface area contributed by atoms with Gasteiger partial charge < -0.3 is 15.2 Å². The lowest BCUT2D eigenvalue weighted by atomic mass is 10.1. The zero-order valence-corrected chi connectivity index (χ0v) is 13.0. The Kier molecular flexibility index (Phi) is 5.23. The Bertz CT molecular complexity index is 810. The second kappa shape index (κ2) is 7.34. The van der Waals surface area contributed by atoms with Crippen molar-refractivity contribution in [2.24, 2.45) is 0 Å². The predicted molar refractivity (Wildman–Crippen MR) is 88.3 cm³/mol. The van der Waals surface area contributed by atoms with Gasteiger partial charge in [-0.3, -0.25) is 4.79 Å². The molecule has 6 heteroatoms. The lowest BCUT2D eigenvalue weighted by Crippen LogP contribution is -2.13. The molecule has 1 amide bonds. The number of phenols is 1. The molecule has 2 N–H and O–H groups in total. The normalized spacial score (nSPS) is 10.7. The molecule has 2 aromatic carbocycles. The van der Waals surface area contributed by atoms with Crippen LogP contribution in [-0.4, -0.2) is 18.1 Å². The number of ether oxygens (including phenoxy) is 1. The number of anilines is 1. The maximum atomic E-state index is 12.2. The molecule has 2 rings (SSSR count). The number of nitriles is 1. The molecule has 0 radical (unpaired) electrons. The Morgan fingerprint density at radius 2 is 2.13 bits per heavy atom. The van der Waals surface area contributed by atoms with Crippen LogP contribution in [0.25, 0.3) is 6.08 Å². The van der Waals surface area contributed by atoms with Gasteiger partial charge in [0.1, 0.15) is 23.1 Å². The molecule has 23 heavy (non-hydrogen) atoms. The topological polar surface area (TPSA) is 82.3 Å². The van der Waals surface area contributed by atoms with Gasteiger partial charge in [-0.1, -0.05) is 23.7 Å². The third kappa shape index (κ3) is 4.25. The van der Waals surface area contributed by atoms with Gasteiger partial charge in [0.25, 0.3) is 5.91 Å². The molecule has 0 aliphatic rings. The van der Waals surface area contributed by atoms with Crippen molar-refractivity contribution >= 4 is 29.3 Å². The highest BCUT2D eigenvalue weighted by Gasteiger charge is 2.11. The number of nitrogens with one attached hydrogen (secondary N) is 1. The van der Waals surface area contributed by atoms with Gasteiger partial charge in [0.2, 0.25) is 0 Å². The Morgan fingerprint density at radius 3 is 2.74 bits per heavy atom. The number of halogens is 1. The fourth-order valence-corrected chi connectivity index (χ4v) is 2.13. The zero-order valence-electron chi connectivity index (χ0n) is 12.2. The minimum atomic E-state index is -0.572. The third-order valence-electron chi connectivity index (χ3n) is 2.96. The van der Waals surface area contributed by atoms with E-state index in [9.17, 15) is 9.90 Å². The summed E-state index contributed by atoms with van der Waals surface area (Å²) < 4.78 is 5.03. The first kappa shape index (κ1) is 16.4. The number of hydrogen-bond acceptors (Lipinski definition) is 4. The highest BCUT2D eigenvalue weighted by atomic mass is 35.5. The zero-order chi connectivity index (χ0) is 16.8. The Morgan fingerprint density at radius 1 is 1.35 bits per heavy atom. The van der Waals surface area contributed by atoms with Crippen LogP contribution in [0, 0.1) is 11.3 Å². The highest BCUT2D eigenvalue weighted by Crippen LogP contribution is 2.27. The molecule has 0 atom stereocenters. The van der Waals surface area contributed by atoms with Crippen molar-refractivity contribution in [3.63, 3.8) is 0 Å². The lowest BCUT2D eigenvalue weighted by molar-refractivity contribution is -0.112. The summed E-state index contributed by atoms with van der Waals surface area (Å²) in [6.07, 6.45) is 1.39. The number of phenolic OH excluding ortho intramolecular Hbond substituents is 1. The standard InChI is InChI=1S/C17H13ClN2O3/c1-23-16-6-5-13(9-15(16)18)20-17(22)12(10-19)7-11-3-2-4-14(21)8-11/h2-9,21H,1H3,(H,20,22). The number of methoxy groups -OCH3 is 1. The summed E-state index contributed by atoms with van der Waals surface area (Å²) in [5.41, 5.74) is 0.893. The molecule has 0 saturated heterocycles. The first-order valence-electron chi connectivity index (χ1n) is 6.59. The average Bonchev–Trinajstić information content (AvgIpc) is 2.52. The molecule has 5 nitrogen and oxygen atoms in total. The van der Waals surface area contributed by atoms with E-state index in [-0.39, 0.29) is 11.3 Å². The first-order valence-corrected chi connectivity index (χ1v) is 6.97. The Balaban J connectivity index is 2.21. The molecule has 2 aromatic rings. The largest absolute Gasteiger partial charge is 0.508 e. The SMILES string of the molecule is COc1ccc(NC(=O)C(C#N)=Cc2cccc(O)c2)cc1Cl. The monoisotopic (exact) mass is 328 g/mol. The van der Waals surface area contributed by atoms with E-state index in [2.05, 4.69) is 5.32 Å². The van der Waals surface area contributed by atoms with Crippen LogP contribution in [0.15, 0.2) is 48.0 Å². The number of amides is 1. The van der Waals surface area contributed by atoms with E-state index in [4.69, 9.17) is 21.6 Å². The summed E-state index contributed by atoms with van der Waals surface area (Å²) in [5, 5.41) is 21.5. The van der Waals surface area contributed by atoms with Crippen molar-refractivity contribution in [1.82, 2.24) is 0 Å². The maximum Gasteiger partial charge on any atom is 0.266 e. The van der Waals surface area contributed by atoms with Gasteiger partial charge in [0.15, 0.2) is 0 Å². The Hall–Kier alpha value is -2.97. The van der Waals surface area contributed by atoms with Crippen LogP contribution in [0.5, 0.6) is 11.5 Å². The predicted octanol–water partition coefficient (Wildman–Crippen LogP) is 3.60. The second-order valence-electron chi connectivity index (χ2n) is 4.57. The van der Waals surface area contributed by atoms with Gasteiger partial charge in [-0.05, 0) is 42.0 Å². The minimum Gasteiger partial charge on any atom is -0.508 e. The van der Waals surface area contributed by atoms with Crippen LogP contribution in [0.2, 0.25) is 5.02 Å². The molecule has 0 fully saturated rings. The molecule has 0 unspecified atom stereocenters. The van der Waals surface area contributed by atoms with E-state index in [1.807, 2.05) is 6.07 Å². The van der Waals surface area contributed by atoms with Gasteiger partial charge in [-0.15, -0.1) is 0 Å². The van der Waals surface area contributed by atoms with Crippen molar-refractivity contribution in [2.75, 3.05) is 12.4 Å². The van der Waals surface area contributed by atoms with Crippen LogP contribution < -0.4 is 10.1 Å². The second-order valence-corrected chi connectivity index (χ2v) is 4.98. The van der Waals surface area contributed by atoms with E-state index < -0.39 is 5.91 Å². The molecule has 0 bridgehead atoms. The molecule has 0 heterocycles. The summed E-state index contributed by atoms with van der Waals surface area (Å²) in [6.45, 7) is 0. The number of benzene rings is 2. The van der Waals surface area contributed by atoms with Crippen molar-refractivity contribution in [2.45, 2.75) is 0 Å². The van der Waals surface area contributed by atoms with Crippen LogP contribution in [0.4, 0.5) is 5.69 Å². The summed E-state index contributed by atoms with van der Waals surface area (Å²) in [4.78, 5) is 12.2. The number of carbonyl (C=O) groups is 1.